The van der Waals surface area contributed by atoms with Crippen LogP contribution in [0, 0.1) is 12.7 Å². The maximum atomic E-state index is 13.6. The Labute approximate surface area is 153 Å². The Hall–Kier alpha value is -2.34. The van der Waals surface area contributed by atoms with Crippen molar-refractivity contribution in [1.29, 1.82) is 0 Å². The second-order valence-corrected chi connectivity index (χ2v) is 6.06. The zero-order valence-electron chi connectivity index (χ0n) is 14.9. The number of nitrogens with zero attached hydrogens (tertiary/aromatic N) is 1. The highest BCUT2D eigenvalue weighted by Gasteiger charge is 2.10. The van der Waals surface area contributed by atoms with E-state index in [-0.39, 0.29) is 5.82 Å². The minimum atomic E-state index is -0.258. The summed E-state index contributed by atoms with van der Waals surface area (Å²) in [7, 11) is 3.49. The van der Waals surface area contributed by atoms with Gasteiger partial charge in [-0.2, -0.15) is 0 Å². The zero-order chi connectivity index (χ0) is 18.4. The van der Waals surface area contributed by atoms with Crippen LogP contribution < -0.4 is 14.8 Å². The fraction of sp³-hybridized carbons (Fsp3) is 0.316. The van der Waals surface area contributed by atoms with Gasteiger partial charge < -0.3 is 19.7 Å². The van der Waals surface area contributed by atoms with Gasteiger partial charge in [0.05, 0.1) is 13.7 Å². The Morgan fingerprint density at radius 2 is 1.96 bits per heavy atom. The van der Waals surface area contributed by atoms with Crippen LogP contribution in [0.4, 0.5) is 10.1 Å². The van der Waals surface area contributed by atoms with Gasteiger partial charge in [-0.1, -0.05) is 12.1 Å². The van der Waals surface area contributed by atoms with Crippen molar-refractivity contribution in [3.63, 3.8) is 0 Å². The van der Waals surface area contributed by atoms with Crippen LogP contribution in [-0.2, 0) is 6.54 Å². The minimum absolute atomic E-state index is 0.258. The normalized spacial score (nSPS) is 10.3. The molecule has 0 atom stereocenters. The minimum Gasteiger partial charge on any atom is -0.493 e. The molecule has 2 rings (SSSR count). The Bertz CT molecular complexity index is 752. The fourth-order valence-corrected chi connectivity index (χ4v) is 2.50. The summed E-state index contributed by atoms with van der Waals surface area (Å²) in [5.74, 6) is 1.14. The van der Waals surface area contributed by atoms with Crippen molar-refractivity contribution in [3.05, 3.63) is 53.3 Å². The smallest absolute Gasteiger partial charge is 0.173 e. The van der Waals surface area contributed by atoms with E-state index in [1.165, 1.54) is 6.07 Å². The van der Waals surface area contributed by atoms with Gasteiger partial charge in [-0.05, 0) is 61.5 Å². The molecule has 134 valence electrons. The van der Waals surface area contributed by atoms with Crippen LogP contribution in [0.3, 0.4) is 0 Å². The Morgan fingerprint density at radius 1 is 1.20 bits per heavy atom. The number of rotatable bonds is 6. The van der Waals surface area contributed by atoms with Crippen molar-refractivity contribution >= 4 is 23.0 Å². The van der Waals surface area contributed by atoms with E-state index in [4.69, 9.17) is 21.7 Å². The van der Waals surface area contributed by atoms with Gasteiger partial charge in [0.1, 0.15) is 5.82 Å². The monoisotopic (exact) mass is 362 g/mol. The van der Waals surface area contributed by atoms with E-state index < -0.39 is 0 Å². The van der Waals surface area contributed by atoms with Crippen molar-refractivity contribution in [1.82, 2.24) is 4.90 Å². The number of benzene rings is 2. The molecular formula is C19H23FN2O2S. The first kappa shape index (κ1) is 19.0. The summed E-state index contributed by atoms with van der Waals surface area (Å²) in [5.41, 5.74) is 2.26. The van der Waals surface area contributed by atoms with E-state index in [9.17, 15) is 4.39 Å². The number of methoxy groups -OCH3 is 1. The Balaban J connectivity index is 2.04. The molecule has 0 fully saturated rings. The highest BCUT2D eigenvalue weighted by atomic mass is 32.1. The number of ether oxygens (including phenoxy) is 2. The summed E-state index contributed by atoms with van der Waals surface area (Å²) < 4.78 is 24.5. The second kappa shape index (κ2) is 8.67. The molecule has 0 heterocycles. The first-order chi connectivity index (χ1) is 11.9. The predicted octanol–water partition coefficient (Wildman–Crippen LogP) is 4.37. The van der Waals surface area contributed by atoms with Gasteiger partial charge in [0, 0.05) is 19.3 Å². The Morgan fingerprint density at radius 3 is 2.60 bits per heavy atom. The van der Waals surface area contributed by atoms with Gasteiger partial charge in [-0.15, -0.1) is 0 Å². The number of thiocarbonyl (C=S) groups is 1. The molecule has 2 aromatic rings. The number of hydrogen-bond acceptors (Lipinski definition) is 3. The molecule has 6 heteroatoms. The van der Waals surface area contributed by atoms with Crippen LogP contribution in [0.15, 0.2) is 36.4 Å². The molecule has 0 saturated carbocycles. The third-order valence-electron chi connectivity index (χ3n) is 3.72. The zero-order valence-corrected chi connectivity index (χ0v) is 15.7. The summed E-state index contributed by atoms with van der Waals surface area (Å²) in [6.07, 6.45) is 0. The molecule has 0 unspecified atom stereocenters. The molecule has 2 aromatic carbocycles. The molecule has 0 aliphatic rings. The van der Waals surface area contributed by atoms with Gasteiger partial charge in [0.15, 0.2) is 16.6 Å². The fourth-order valence-electron chi connectivity index (χ4n) is 2.32. The van der Waals surface area contributed by atoms with Crippen LogP contribution in [-0.4, -0.2) is 30.8 Å². The first-order valence-corrected chi connectivity index (χ1v) is 8.43. The molecule has 0 bridgehead atoms. The Kier molecular flexibility index (Phi) is 6.58. The topological polar surface area (TPSA) is 33.7 Å². The van der Waals surface area contributed by atoms with E-state index in [0.717, 1.165) is 5.56 Å². The summed E-state index contributed by atoms with van der Waals surface area (Å²) in [6.45, 7) is 4.82. The largest absolute Gasteiger partial charge is 0.493 e. The number of aryl methyl sites for hydroxylation is 1. The van der Waals surface area contributed by atoms with Crippen LogP contribution in [0.2, 0.25) is 0 Å². The summed E-state index contributed by atoms with van der Waals surface area (Å²) >= 11 is 5.40. The molecule has 0 spiro atoms. The SMILES string of the molecule is CCOc1ccc(CN(C)C(=S)Nc2ccc(C)c(F)c2)cc1OC. The van der Waals surface area contributed by atoms with E-state index in [2.05, 4.69) is 5.32 Å². The molecule has 0 saturated heterocycles. The summed E-state index contributed by atoms with van der Waals surface area (Å²) in [4.78, 5) is 1.88. The van der Waals surface area contributed by atoms with E-state index >= 15 is 0 Å². The van der Waals surface area contributed by atoms with Crippen molar-refractivity contribution in [2.45, 2.75) is 20.4 Å². The first-order valence-electron chi connectivity index (χ1n) is 8.02. The molecular weight excluding hydrogens is 339 g/mol. The third kappa shape index (κ3) is 5.06. The van der Waals surface area contributed by atoms with Crippen molar-refractivity contribution in [3.8, 4) is 11.5 Å². The van der Waals surface area contributed by atoms with Gasteiger partial charge in [-0.3, -0.25) is 0 Å². The number of halogens is 1. The van der Waals surface area contributed by atoms with Gasteiger partial charge >= 0.3 is 0 Å². The summed E-state index contributed by atoms with van der Waals surface area (Å²) in [6, 6.07) is 10.7. The molecule has 0 aliphatic carbocycles. The average molecular weight is 362 g/mol. The van der Waals surface area contributed by atoms with Crippen LogP contribution >= 0.6 is 12.2 Å². The number of anilines is 1. The quantitative estimate of drug-likeness (QED) is 0.772. The van der Waals surface area contributed by atoms with Crippen molar-refractivity contribution in [2.24, 2.45) is 0 Å². The van der Waals surface area contributed by atoms with Gasteiger partial charge in [0.25, 0.3) is 0 Å². The molecule has 25 heavy (non-hydrogen) atoms. The lowest BCUT2D eigenvalue weighted by Gasteiger charge is -2.22. The van der Waals surface area contributed by atoms with E-state index in [1.54, 1.807) is 26.2 Å². The number of hydrogen-bond donors (Lipinski definition) is 1. The maximum Gasteiger partial charge on any atom is 0.173 e. The lowest BCUT2D eigenvalue weighted by Crippen LogP contribution is -2.30. The lowest BCUT2D eigenvalue weighted by atomic mass is 10.2. The third-order valence-corrected chi connectivity index (χ3v) is 4.13. The van der Waals surface area contributed by atoms with Crippen LogP contribution in [0.25, 0.3) is 0 Å². The molecule has 0 radical (unpaired) electrons. The second-order valence-electron chi connectivity index (χ2n) is 5.67. The molecule has 0 aromatic heterocycles. The van der Waals surface area contributed by atoms with Crippen LogP contribution in [0.1, 0.15) is 18.1 Å². The van der Waals surface area contributed by atoms with Crippen molar-refractivity contribution < 1.29 is 13.9 Å². The predicted molar refractivity (Wildman–Crippen MR) is 103 cm³/mol. The highest BCUT2D eigenvalue weighted by Crippen LogP contribution is 2.28. The highest BCUT2D eigenvalue weighted by molar-refractivity contribution is 7.80. The van der Waals surface area contributed by atoms with Gasteiger partial charge in [0.2, 0.25) is 0 Å². The average Bonchev–Trinajstić information content (AvgIpc) is 2.59. The maximum absolute atomic E-state index is 13.6. The molecule has 0 amide bonds. The molecule has 0 aliphatic heterocycles. The van der Waals surface area contributed by atoms with Crippen LogP contribution in [0.5, 0.6) is 11.5 Å². The standard InChI is InChI=1S/C19H23FN2O2S/c1-5-24-17-9-7-14(10-18(17)23-4)12-22(3)19(25)21-15-8-6-13(2)16(20)11-15/h6-11H,5,12H2,1-4H3,(H,21,25). The van der Waals surface area contributed by atoms with Gasteiger partial charge in [-0.25, -0.2) is 4.39 Å². The van der Waals surface area contributed by atoms with Crippen molar-refractivity contribution in [2.75, 3.05) is 26.1 Å². The number of nitrogens with one attached hydrogen (secondary N) is 1. The van der Waals surface area contributed by atoms with E-state index in [1.807, 2.05) is 37.1 Å². The lowest BCUT2D eigenvalue weighted by molar-refractivity contribution is 0.310. The molecule has 4 nitrogen and oxygen atoms in total. The summed E-state index contributed by atoms with van der Waals surface area (Å²) in [5, 5.41) is 3.56. The molecule has 1 N–H and O–H groups in total. The van der Waals surface area contributed by atoms with E-state index in [0.29, 0.717) is 41.0 Å².